The van der Waals surface area contributed by atoms with Gasteiger partial charge in [0.15, 0.2) is 0 Å². The van der Waals surface area contributed by atoms with Crippen molar-refractivity contribution in [1.82, 2.24) is 9.80 Å². The molecule has 2 atom stereocenters. The molecule has 5 nitrogen and oxygen atoms in total. The lowest BCUT2D eigenvalue weighted by molar-refractivity contribution is 0.0451. The quantitative estimate of drug-likeness (QED) is 0.857. The standard InChI is InChI=1S/C17H19ClN2O3/c1-9-4-13-14(15(18)5-9)8-19(16(13)21)12-6-10-2-3-11(7-12)20(10)17(22)23/h4-5,10-12H,2-3,6-8H2,1H3,(H,22,23). The first-order valence-electron chi connectivity index (χ1n) is 8.07. The number of carbonyl (C=O) groups excluding carboxylic acids is 1. The van der Waals surface area contributed by atoms with Crippen molar-refractivity contribution in [2.24, 2.45) is 0 Å². The maximum atomic E-state index is 12.8. The first-order chi connectivity index (χ1) is 11.0. The van der Waals surface area contributed by atoms with Gasteiger partial charge in [-0.3, -0.25) is 4.79 Å². The minimum absolute atomic E-state index is 0.0405. The third kappa shape index (κ3) is 2.21. The lowest BCUT2D eigenvalue weighted by Gasteiger charge is -2.40. The molecule has 3 heterocycles. The Balaban J connectivity index is 1.59. The van der Waals surface area contributed by atoms with Gasteiger partial charge < -0.3 is 14.9 Å². The van der Waals surface area contributed by atoms with E-state index in [1.165, 1.54) is 0 Å². The van der Waals surface area contributed by atoms with Crippen LogP contribution in [0.4, 0.5) is 4.79 Å². The van der Waals surface area contributed by atoms with Crippen molar-refractivity contribution in [2.75, 3.05) is 0 Å². The third-order valence-corrected chi connectivity index (χ3v) is 5.87. The van der Waals surface area contributed by atoms with Crippen LogP contribution in [0.15, 0.2) is 12.1 Å². The molecular weight excluding hydrogens is 316 g/mol. The van der Waals surface area contributed by atoms with Crippen LogP contribution in [0.2, 0.25) is 5.02 Å². The number of hydrogen-bond donors (Lipinski definition) is 1. The van der Waals surface area contributed by atoms with E-state index in [4.69, 9.17) is 11.6 Å². The molecule has 6 heteroatoms. The number of benzene rings is 1. The molecule has 0 spiro atoms. The molecule has 1 N–H and O–H groups in total. The monoisotopic (exact) mass is 334 g/mol. The predicted octanol–water partition coefficient (Wildman–Crippen LogP) is 3.28. The van der Waals surface area contributed by atoms with Gasteiger partial charge in [-0.1, -0.05) is 11.6 Å². The van der Waals surface area contributed by atoms with Crippen LogP contribution in [-0.4, -0.2) is 45.0 Å². The normalized spacial score (nSPS) is 29.1. The Morgan fingerprint density at radius 2 is 1.87 bits per heavy atom. The molecule has 0 aromatic heterocycles. The van der Waals surface area contributed by atoms with Crippen LogP contribution in [-0.2, 0) is 6.54 Å². The first-order valence-corrected chi connectivity index (χ1v) is 8.44. The summed E-state index contributed by atoms with van der Waals surface area (Å²) in [6.07, 6.45) is 2.45. The van der Waals surface area contributed by atoms with Crippen LogP contribution in [0.1, 0.15) is 47.2 Å². The summed E-state index contributed by atoms with van der Waals surface area (Å²) in [4.78, 5) is 27.7. The highest BCUT2D eigenvalue weighted by atomic mass is 35.5. The minimum atomic E-state index is -0.828. The van der Waals surface area contributed by atoms with Gasteiger partial charge in [-0.05, 0) is 50.3 Å². The van der Waals surface area contributed by atoms with Gasteiger partial charge in [0.2, 0.25) is 0 Å². The molecule has 0 aliphatic carbocycles. The molecule has 3 aliphatic heterocycles. The zero-order valence-corrected chi connectivity index (χ0v) is 13.7. The lowest BCUT2D eigenvalue weighted by Crippen LogP contribution is -2.52. The second kappa shape index (κ2) is 5.13. The molecule has 0 saturated carbocycles. The number of fused-ring (bicyclic) bond motifs is 3. The Morgan fingerprint density at radius 1 is 1.22 bits per heavy atom. The lowest BCUT2D eigenvalue weighted by atomic mass is 9.96. The fourth-order valence-corrected chi connectivity index (χ4v) is 4.86. The average Bonchev–Trinajstić information content (AvgIpc) is 2.95. The Bertz CT molecular complexity index is 691. The molecule has 0 radical (unpaired) electrons. The Labute approximate surface area is 139 Å². The van der Waals surface area contributed by atoms with Crippen LogP contribution >= 0.6 is 11.6 Å². The summed E-state index contributed by atoms with van der Waals surface area (Å²) >= 11 is 6.31. The van der Waals surface area contributed by atoms with Gasteiger partial charge in [0.1, 0.15) is 0 Å². The molecule has 2 fully saturated rings. The molecule has 1 aromatic rings. The highest BCUT2D eigenvalue weighted by Crippen LogP contribution is 2.40. The van der Waals surface area contributed by atoms with Gasteiger partial charge >= 0.3 is 6.09 Å². The van der Waals surface area contributed by atoms with Gasteiger partial charge in [-0.2, -0.15) is 0 Å². The van der Waals surface area contributed by atoms with Gasteiger partial charge in [0.25, 0.3) is 5.91 Å². The van der Waals surface area contributed by atoms with Gasteiger partial charge in [-0.15, -0.1) is 0 Å². The SMILES string of the molecule is Cc1cc(Cl)c2c(c1)C(=O)N(C1CC3CCC(C1)N3C(=O)O)C2. The van der Waals surface area contributed by atoms with Crippen molar-refractivity contribution in [2.45, 2.75) is 57.3 Å². The van der Waals surface area contributed by atoms with Crippen molar-refractivity contribution in [3.63, 3.8) is 0 Å². The third-order valence-electron chi connectivity index (χ3n) is 5.53. The van der Waals surface area contributed by atoms with E-state index in [-0.39, 0.29) is 24.0 Å². The molecule has 1 aromatic carbocycles. The molecule has 4 rings (SSSR count). The number of hydrogen-bond acceptors (Lipinski definition) is 2. The zero-order chi connectivity index (χ0) is 16.3. The smallest absolute Gasteiger partial charge is 0.407 e. The Hall–Kier alpha value is -1.75. The summed E-state index contributed by atoms with van der Waals surface area (Å²) in [7, 11) is 0. The zero-order valence-electron chi connectivity index (χ0n) is 13.0. The van der Waals surface area contributed by atoms with E-state index in [0.29, 0.717) is 17.1 Å². The summed E-state index contributed by atoms with van der Waals surface area (Å²) in [5.74, 6) is 0.0405. The number of aryl methyl sites for hydroxylation is 1. The number of rotatable bonds is 1. The van der Waals surface area contributed by atoms with Gasteiger partial charge in [0, 0.05) is 40.8 Å². The number of amides is 2. The van der Waals surface area contributed by atoms with Crippen LogP contribution in [0.25, 0.3) is 0 Å². The maximum absolute atomic E-state index is 12.8. The summed E-state index contributed by atoms with van der Waals surface area (Å²) in [6, 6.07) is 4.01. The molecule has 2 saturated heterocycles. The van der Waals surface area contributed by atoms with E-state index >= 15 is 0 Å². The summed E-state index contributed by atoms with van der Waals surface area (Å²) in [5, 5.41) is 10.0. The fourth-order valence-electron chi connectivity index (χ4n) is 4.53. The van der Waals surface area contributed by atoms with Crippen molar-refractivity contribution in [3.8, 4) is 0 Å². The average molecular weight is 335 g/mol. The van der Waals surface area contributed by atoms with Crippen molar-refractivity contribution < 1.29 is 14.7 Å². The molecule has 2 unspecified atom stereocenters. The fraction of sp³-hybridized carbons (Fsp3) is 0.529. The number of halogens is 1. The van der Waals surface area contributed by atoms with Gasteiger partial charge in [-0.25, -0.2) is 4.79 Å². The topological polar surface area (TPSA) is 60.9 Å². The number of carbonyl (C=O) groups is 2. The number of piperidine rings is 1. The van der Waals surface area contributed by atoms with Crippen molar-refractivity contribution in [1.29, 1.82) is 0 Å². The van der Waals surface area contributed by atoms with E-state index in [9.17, 15) is 14.7 Å². The Morgan fingerprint density at radius 3 is 2.48 bits per heavy atom. The number of carboxylic acid groups (broad SMARTS) is 1. The van der Waals surface area contributed by atoms with E-state index in [1.54, 1.807) is 4.90 Å². The summed E-state index contributed by atoms with van der Waals surface area (Å²) in [6.45, 7) is 2.48. The van der Waals surface area contributed by atoms with E-state index in [0.717, 1.165) is 36.8 Å². The van der Waals surface area contributed by atoms with Crippen molar-refractivity contribution >= 4 is 23.6 Å². The molecule has 122 valence electrons. The molecular formula is C17H19ClN2O3. The van der Waals surface area contributed by atoms with E-state index in [1.807, 2.05) is 24.0 Å². The maximum Gasteiger partial charge on any atom is 0.407 e. The summed E-state index contributed by atoms with van der Waals surface area (Å²) in [5.41, 5.74) is 2.61. The second-order valence-corrected chi connectivity index (χ2v) is 7.31. The predicted molar refractivity (Wildman–Crippen MR) is 85.8 cm³/mol. The van der Waals surface area contributed by atoms with E-state index in [2.05, 4.69) is 0 Å². The molecule has 2 bridgehead atoms. The van der Waals surface area contributed by atoms with Crippen LogP contribution in [0, 0.1) is 6.92 Å². The van der Waals surface area contributed by atoms with Crippen LogP contribution < -0.4 is 0 Å². The number of nitrogens with zero attached hydrogens (tertiary/aromatic N) is 2. The largest absolute Gasteiger partial charge is 0.465 e. The minimum Gasteiger partial charge on any atom is -0.465 e. The highest BCUT2D eigenvalue weighted by molar-refractivity contribution is 6.32. The second-order valence-electron chi connectivity index (χ2n) is 6.91. The van der Waals surface area contributed by atoms with Crippen LogP contribution in [0.5, 0.6) is 0 Å². The first kappa shape index (κ1) is 14.8. The Kier molecular flexibility index (Phi) is 3.30. The molecule has 2 amide bonds. The van der Waals surface area contributed by atoms with Gasteiger partial charge in [0.05, 0.1) is 0 Å². The van der Waals surface area contributed by atoms with E-state index < -0.39 is 6.09 Å². The molecule has 23 heavy (non-hydrogen) atoms. The van der Waals surface area contributed by atoms with Crippen molar-refractivity contribution in [3.05, 3.63) is 33.8 Å². The van der Waals surface area contributed by atoms with Crippen LogP contribution in [0.3, 0.4) is 0 Å². The summed E-state index contributed by atoms with van der Waals surface area (Å²) < 4.78 is 0. The highest BCUT2D eigenvalue weighted by Gasteiger charge is 2.47. The molecule has 3 aliphatic rings.